The number of halogens is 2. The molecule has 2 amide bonds. The number of hydrogen-bond donors (Lipinski definition) is 3. The standard InChI is InChI=1S/C31H47Cl2N3O4/c1-39-30-31(15-7-5-3-2-4-6-8-16-31)18-22(20-35-30)19-34-29(38)23-9-11-24(12-10-23)36-28(37)21-40-25-13-14-26(32)27(33)17-25/h13-14,17,22-24,30,35H,2-12,15-16,18-21H2,1H3,(H,34,38)(H,36,37). The number of piperidine rings is 1. The maximum absolute atomic E-state index is 13.1. The van der Waals surface area contributed by atoms with Crippen molar-refractivity contribution in [2.24, 2.45) is 17.3 Å². The zero-order valence-electron chi connectivity index (χ0n) is 24.0. The molecule has 3 fully saturated rings. The Morgan fingerprint density at radius 2 is 1.65 bits per heavy atom. The van der Waals surface area contributed by atoms with Crippen LogP contribution in [-0.2, 0) is 14.3 Å². The second kappa shape index (κ2) is 15.6. The molecule has 9 heteroatoms. The van der Waals surface area contributed by atoms with Crippen molar-refractivity contribution in [2.75, 3.05) is 26.8 Å². The predicted molar refractivity (Wildman–Crippen MR) is 160 cm³/mol. The third kappa shape index (κ3) is 8.98. The van der Waals surface area contributed by atoms with Crippen molar-refractivity contribution in [2.45, 2.75) is 102 Å². The summed E-state index contributed by atoms with van der Waals surface area (Å²) < 4.78 is 11.5. The van der Waals surface area contributed by atoms with Gasteiger partial charge in [-0.1, -0.05) is 68.1 Å². The van der Waals surface area contributed by atoms with Gasteiger partial charge in [-0.2, -0.15) is 0 Å². The Balaban J connectivity index is 1.18. The van der Waals surface area contributed by atoms with Crippen molar-refractivity contribution in [3.8, 4) is 5.75 Å². The van der Waals surface area contributed by atoms with Crippen LogP contribution < -0.4 is 20.7 Å². The summed E-state index contributed by atoms with van der Waals surface area (Å²) in [6, 6.07) is 4.99. The summed E-state index contributed by atoms with van der Waals surface area (Å²) in [5.41, 5.74) is 0.166. The molecule has 1 heterocycles. The fourth-order valence-corrected chi connectivity index (χ4v) is 7.31. The summed E-state index contributed by atoms with van der Waals surface area (Å²) in [6.07, 6.45) is 16.0. The normalized spacial score (nSPS) is 27.5. The van der Waals surface area contributed by atoms with Crippen molar-refractivity contribution in [3.63, 3.8) is 0 Å². The minimum atomic E-state index is -0.174. The number of benzene rings is 1. The van der Waals surface area contributed by atoms with Gasteiger partial charge in [-0.25, -0.2) is 0 Å². The maximum atomic E-state index is 13.1. The monoisotopic (exact) mass is 595 g/mol. The topological polar surface area (TPSA) is 88.7 Å². The molecule has 7 nitrogen and oxygen atoms in total. The number of ether oxygens (including phenoxy) is 2. The van der Waals surface area contributed by atoms with Crippen LogP contribution in [0.15, 0.2) is 18.2 Å². The molecule has 3 N–H and O–H groups in total. The highest BCUT2D eigenvalue weighted by molar-refractivity contribution is 6.42. The van der Waals surface area contributed by atoms with Crippen molar-refractivity contribution in [1.29, 1.82) is 0 Å². The van der Waals surface area contributed by atoms with E-state index < -0.39 is 0 Å². The fourth-order valence-electron chi connectivity index (χ4n) is 7.03. The van der Waals surface area contributed by atoms with E-state index in [1.165, 1.54) is 57.8 Å². The third-order valence-corrected chi connectivity index (χ3v) is 9.96. The molecular weight excluding hydrogens is 549 g/mol. The predicted octanol–water partition coefficient (Wildman–Crippen LogP) is 6.26. The van der Waals surface area contributed by atoms with Crippen LogP contribution in [0.2, 0.25) is 10.0 Å². The van der Waals surface area contributed by atoms with Crippen LogP contribution in [0.3, 0.4) is 0 Å². The number of hydrogen-bond acceptors (Lipinski definition) is 5. The molecule has 40 heavy (non-hydrogen) atoms. The van der Waals surface area contributed by atoms with Crippen LogP contribution in [-0.4, -0.2) is 50.9 Å². The minimum Gasteiger partial charge on any atom is -0.484 e. The average Bonchev–Trinajstić information content (AvgIpc) is 2.96. The molecule has 2 atom stereocenters. The minimum absolute atomic E-state index is 0.00602. The Morgan fingerprint density at radius 1 is 0.975 bits per heavy atom. The first-order chi connectivity index (χ1) is 19.4. The zero-order valence-corrected chi connectivity index (χ0v) is 25.5. The molecule has 2 aliphatic carbocycles. The highest BCUT2D eigenvalue weighted by Gasteiger charge is 2.43. The molecule has 0 radical (unpaired) electrons. The van der Waals surface area contributed by atoms with Gasteiger partial charge in [-0.3, -0.25) is 14.9 Å². The Hall–Kier alpha value is -1.54. The number of nitrogens with one attached hydrogen (secondary N) is 3. The van der Waals surface area contributed by atoms with Crippen molar-refractivity contribution < 1.29 is 19.1 Å². The van der Waals surface area contributed by atoms with Gasteiger partial charge in [0.15, 0.2) is 6.61 Å². The van der Waals surface area contributed by atoms with Crippen LogP contribution in [0, 0.1) is 17.3 Å². The van der Waals surface area contributed by atoms with E-state index in [0.717, 1.165) is 38.6 Å². The second-order valence-electron chi connectivity index (χ2n) is 12.2. The highest BCUT2D eigenvalue weighted by atomic mass is 35.5. The maximum Gasteiger partial charge on any atom is 0.258 e. The van der Waals surface area contributed by atoms with Gasteiger partial charge in [0.1, 0.15) is 12.0 Å². The van der Waals surface area contributed by atoms with Crippen LogP contribution in [0.5, 0.6) is 5.75 Å². The van der Waals surface area contributed by atoms with E-state index in [4.69, 9.17) is 32.7 Å². The summed E-state index contributed by atoms with van der Waals surface area (Å²) >= 11 is 11.9. The second-order valence-corrected chi connectivity index (χ2v) is 13.0. The molecule has 224 valence electrons. The molecule has 1 spiro atoms. The summed E-state index contributed by atoms with van der Waals surface area (Å²) in [6.45, 7) is 1.51. The van der Waals surface area contributed by atoms with Gasteiger partial charge < -0.3 is 20.1 Å². The van der Waals surface area contributed by atoms with Crippen molar-refractivity contribution in [1.82, 2.24) is 16.0 Å². The highest BCUT2D eigenvalue weighted by Crippen LogP contribution is 2.44. The molecule has 0 aromatic heterocycles. The SMILES string of the molecule is COC1NCC(CNC(=O)C2CCC(NC(=O)COc3ccc(Cl)c(Cl)c3)CC2)CC12CCCCCCCCC2. The van der Waals surface area contributed by atoms with Crippen LogP contribution in [0.1, 0.15) is 89.9 Å². The largest absolute Gasteiger partial charge is 0.484 e. The lowest BCUT2D eigenvalue weighted by molar-refractivity contribution is -0.127. The van der Waals surface area contributed by atoms with Gasteiger partial charge in [0, 0.05) is 43.6 Å². The molecule has 1 saturated heterocycles. The van der Waals surface area contributed by atoms with E-state index in [2.05, 4.69) is 16.0 Å². The van der Waals surface area contributed by atoms with E-state index in [1.807, 2.05) is 7.11 Å². The number of carbonyl (C=O) groups excluding carboxylic acids is 2. The summed E-state index contributed by atoms with van der Waals surface area (Å²) in [4.78, 5) is 25.5. The molecule has 1 aliphatic heterocycles. The first-order valence-corrected chi connectivity index (χ1v) is 16.1. The van der Waals surface area contributed by atoms with E-state index in [1.54, 1.807) is 18.2 Å². The van der Waals surface area contributed by atoms with Gasteiger partial charge in [0.2, 0.25) is 5.91 Å². The summed E-state index contributed by atoms with van der Waals surface area (Å²) in [5.74, 6) is 0.910. The number of carbonyl (C=O) groups is 2. The fraction of sp³-hybridized carbons (Fsp3) is 0.742. The zero-order chi connectivity index (χ0) is 28.4. The van der Waals surface area contributed by atoms with E-state index >= 15 is 0 Å². The quantitative estimate of drug-likeness (QED) is 0.330. The summed E-state index contributed by atoms with van der Waals surface area (Å²) in [5, 5.41) is 10.8. The number of methoxy groups -OCH3 is 1. The molecule has 2 saturated carbocycles. The van der Waals surface area contributed by atoms with Gasteiger partial charge in [-0.05, 0) is 63.0 Å². The first kappa shape index (κ1) is 31.4. The Bertz CT molecular complexity index is 960. The Labute approximate surface area is 249 Å². The lowest BCUT2D eigenvalue weighted by atomic mass is 9.68. The Kier molecular flexibility index (Phi) is 12.3. The molecule has 1 aromatic carbocycles. The number of amides is 2. The van der Waals surface area contributed by atoms with Gasteiger partial charge in [-0.15, -0.1) is 0 Å². The Morgan fingerprint density at radius 3 is 2.30 bits per heavy atom. The van der Waals surface area contributed by atoms with E-state index in [0.29, 0.717) is 28.3 Å². The van der Waals surface area contributed by atoms with Gasteiger partial charge in [0.05, 0.1) is 10.0 Å². The molecule has 1 aromatic rings. The lowest BCUT2D eigenvalue weighted by Gasteiger charge is -2.47. The third-order valence-electron chi connectivity index (χ3n) is 9.22. The van der Waals surface area contributed by atoms with E-state index in [-0.39, 0.29) is 42.0 Å². The first-order valence-electron chi connectivity index (χ1n) is 15.3. The molecular formula is C31H47Cl2N3O4. The summed E-state index contributed by atoms with van der Waals surface area (Å²) in [7, 11) is 1.84. The van der Waals surface area contributed by atoms with E-state index in [9.17, 15) is 9.59 Å². The van der Waals surface area contributed by atoms with Crippen LogP contribution in [0.4, 0.5) is 0 Å². The van der Waals surface area contributed by atoms with Crippen LogP contribution >= 0.6 is 23.2 Å². The van der Waals surface area contributed by atoms with Crippen molar-refractivity contribution in [3.05, 3.63) is 28.2 Å². The lowest BCUT2D eigenvalue weighted by Crippen LogP contribution is -2.56. The average molecular weight is 597 g/mol. The van der Waals surface area contributed by atoms with Gasteiger partial charge in [0.25, 0.3) is 5.91 Å². The van der Waals surface area contributed by atoms with Gasteiger partial charge >= 0.3 is 0 Å². The molecule has 2 unspecified atom stereocenters. The molecule has 4 rings (SSSR count). The van der Waals surface area contributed by atoms with Crippen LogP contribution in [0.25, 0.3) is 0 Å². The molecule has 0 bridgehead atoms. The number of rotatable bonds is 8. The van der Waals surface area contributed by atoms with Crippen molar-refractivity contribution >= 4 is 35.0 Å². The molecule has 3 aliphatic rings. The smallest absolute Gasteiger partial charge is 0.258 e.